The molecule has 0 aliphatic carbocycles. The molecule has 0 N–H and O–H groups in total. The first-order chi connectivity index (χ1) is 11.5. The second-order valence-electron chi connectivity index (χ2n) is 12.5. The van der Waals surface area contributed by atoms with Crippen LogP contribution in [-0.4, -0.2) is 7.11 Å². The predicted octanol–water partition coefficient (Wildman–Crippen LogP) is 4.60. The third-order valence-corrected chi connectivity index (χ3v) is 59.3. The molecule has 3 nitrogen and oxygen atoms in total. The van der Waals surface area contributed by atoms with Gasteiger partial charge in [0.2, 0.25) is 0 Å². The van der Waals surface area contributed by atoms with E-state index in [0.717, 1.165) is 21.0 Å². The van der Waals surface area contributed by atoms with Crippen molar-refractivity contribution < 1.29 is 15.7 Å². The van der Waals surface area contributed by atoms with Gasteiger partial charge < -0.3 is 0 Å². The Labute approximate surface area is 127 Å². The van der Waals surface area contributed by atoms with Gasteiger partial charge in [0.1, 0.15) is 0 Å². The van der Waals surface area contributed by atoms with E-state index in [1.54, 1.807) is 7.11 Å². The summed E-state index contributed by atoms with van der Waals surface area (Å²) >= 11 is 0. The third-order valence-electron chi connectivity index (χ3n) is 17.0. The Bertz CT molecular complexity index is 1520. The molecule has 24 heavy (non-hydrogen) atoms. The molecule has 1 spiro atoms. The Hall–Kier alpha value is -1.25. The second kappa shape index (κ2) is 0.980. The van der Waals surface area contributed by atoms with Crippen LogP contribution >= 0.6 is 0 Å². The second-order valence-corrected chi connectivity index (χ2v) is 36.1. The molecule has 10 aliphatic rings. The molecule has 0 amide bonds. The normalized spacial score (nSPS) is 87.8. The first-order valence-corrected chi connectivity index (χ1v) is 15.6. The number of benzene rings is 1. The van der Waals surface area contributed by atoms with Crippen LogP contribution < -0.4 is 10.2 Å². The van der Waals surface area contributed by atoms with Gasteiger partial charge in [-0.05, 0) is 0 Å². The minimum absolute atomic E-state index is 0.154. The van der Waals surface area contributed by atoms with Gasteiger partial charge in [0, 0.05) is 0 Å². The molecule has 11 heterocycles. The van der Waals surface area contributed by atoms with Gasteiger partial charge in [0.15, 0.2) is 0 Å². The Balaban J connectivity index is 1.30. The average molecular weight is 360 g/mol. The van der Waals surface area contributed by atoms with Gasteiger partial charge in [-0.25, -0.2) is 0 Å². The summed E-state index contributed by atoms with van der Waals surface area (Å²) in [5.74, 6) is 1.91. The molecule has 1 aromatic heterocycles. The van der Waals surface area contributed by atoms with Crippen LogP contribution in [0.4, 0.5) is 0 Å². The summed E-state index contributed by atoms with van der Waals surface area (Å²) in [6, 6.07) is 7.64. The van der Waals surface area contributed by atoms with E-state index < -0.39 is 6.51 Å². The van der Waals surface area contributed by atoms with Crippen molar-refractivity contribution in [2.75, 3.05) is 7.11 Å². The SMILES string of the molecule is COc1ccc2oc([C]34[CH]5[CH]6[CH]7[CH]3[Fe]6754389%10[CH]4[CH]3[CH]8[CH]9[CH]4%10)cc(=O)c2c1. The molecular weight excluding hydrogens is 344 g/mol. The maximum absolute atomic E-state index is 12.9. The molecule has 10 saturated heterocycles. The van der Waals surface area contributed by atoms with Crippen LogP contribution in [0.3, 0.4) is 0 Å². The average Bonchev–Trinajstić information content (AvgIpc) is 3.54. The summed E-state index contributed by atoms with van der Waals surface area (Å²) in [5.41, 5.74) is 0.940. The summed E-state index contributed by atoms with van der Waals surface area (Å²) in [6.45, 7) is -3.25. The van der Waals surface area contributed by atoms with Gasteiger partial charge >= 0.3 is 127 Å². The summed E-state index contributed by atoms with van der Waals surface area (Å²) in [6.07, 6.45) is 0. The molecule has 10 fully saturated rings. The fourth-order valence-corrected chi connectivity index (χ4v) is 92.2. The summed E-state index contributed by atoms with van der Waals surface area (Å²) in [7, 11) is 1.64. The van der Waals surface area contributed by atoms with Gasteiger partial charge in [0.25, 0.3) is 0 Å². The quantitative estimate of drug-likeness (QED) is 0.735. The Morgan fingerprint density at radius 2 is 1.67 bits per heavy atom. The van der Waals surface area contributed by atoms with Gasteiger partial charge in [-0.2, -0.15) is 0 Å². The van der Waals surface area contributed by atoms with Gasteiger partial charge in [0.05, 0.1) is 0 Å². The number of fused-ring (bicyclic) bond motifs is 11. The van der Waals surface area contributed by atoms with E-state index >= 15 is 0 Å². The minimum atomic E-state index is -3.25. The van der Waals surface area contributed by atoms with Crippen molar-refractivity contribution in [2.45, 2.75) is 47.7 Å². The van der Waals surface area contributed by atoms with E-state index in [1.165, 1.54) is 39.5 Å². The van der Waals surface area contributed by atoms with Crippen molar-refractivity contribution in [1.29, 1.82) is 0 Å². The van der Waals surface area contributed by atoms with E-state index in [1.807, 2.05) is 24.3 Å². The molecule has 12 rings (SSSR count). The van der Waals surface area contributed by atoms with Gasteiger partial charge in [-0.3, -0.25) is 0 Å². The topological polar surface area (TPSA) is 39.4 Å². The number of rotatable bonds is 2. The van der Waals surface area contributed by atoms with Crippen molar-refractivity contribution in [3.05, 3.63) is 40.2 Å². The van der Waals surface area contributed by atoms with Crippen molar-refractivity contribution in [2.24, 2.45) is 0 Å². The van der Waals surface area contributed by atoms with E-state index in [0.29, 0.717) is 9.70 Å². The van der Waals surface area contributed by atoms with Crippen LogP contribution in [0.2, 0.25) is 43.3 Å². The summed E-state index contributed by atoms with van der Waals surface area (Å²) < 4.78 is 12.4. The molecule has 0 saturated carbocycles. The van der Waals surface area contributed by atoms with E-state index in [4.69, 9.17) is 9.15 Å². The third kappa shape index (κ3) is 0.135. The Morgan fingerprint density at radius 1 is 1.00 bits per heavy atom. The van der Waals surface area contributed by atoms with E-state index in [-0.39, 0.29) is 5.43 Å². The molecule has 2 aromatic rings. The first-order valence-electron chi connectivity index (χ1n) is 9.30. The van der Waals surface area contributed by atoms with Crippen LogP contribution in [0, 0.1) is 0 Å². The number of ether oxygens (including phenoxy) is 1. The molecule has 1 aromatic carbocycles. The first kappa shape index (κ1) is 9.45. The molecule has 4 heteroatoms. The van der Waals surface area contributed by atoms with Crippen LogP contribution in [-0.2, 0) is 10.8 Å². The van der Waals surface area contributed by atoms with Crippen molar-refractivity contribution in [3.63, 3.8) is 0 Å². The molecule has 0 bridgehead atoms. The summed E-state index contributed by atoms with van der Waals surface area (Å²) in [4.78, 5) is 24.0. The van der Waals surface area contributed by atoms with Crippen LogP contribution in [0.5, 0.6) is 5.75 Å². The zero-order chi connectivity index (χ0) is 15.1. The standard InChI is InChI=1S/C15H11O3.C5H5.Fe/c1-17-11-6-7-14-12(8-11)13(16)9-15(18-14)10-4-2-3-5-10;1-2-4-5-3-1;/h2-9H,1H3;1-5H;. The molecule has 10 aliphatic heterocycles. The monoisotopic (exact) mass is 360 g/mol. The van der Waals surface area contributed by atoms with Crippen LogP contribution in [0.15, 0.2) is 33.5 Å². The maximum atomic E-state index is 12.9. The number of hydrogen-bond acceptors (Lipinski definition) is 3. The number of methoxy groups -OCH3 is 1. The summed E-state index contributed by atoms with van der Waals surface area (Å²) in [5, 5.41) is 0.685. The van der Waals surface area contributed by atoms with Crippen molar-refractivity contribution >= 4 is 11.0 Å². The van der Waals surface area contributed by atoms with Crippen molar-refractivity contribution in [1.82, 2.24) is 0 Å². The Kier molecular flexibility index (Phi) is 0.386. The van der Waals surface area contributed by atoms with E-state index in [9.17, 15) is 4.79 Å². The molecule has 0 radical (unpaired) electrons. The molecule has 4 atom stereocenters. The Morgan fingerprint density at radius 3 is 2.17 bits per heavy atom. The predicted molar refractivity (Wildman–Crippen MR) is 84.5 cm³/mol. The fraction of sp³-hybridized carbons (Fsp3) is 0.550. The van der Waals surface area contributed by atoms with Gasteiger partial charge in [-0.1, -0.05) is 0 Å². The van der Waals surface area contributed by atoms with Crippen molar-refractivity contribution in [3.8, 4) is 5.75 Å². The zero-order valence-electron chi connectivity index (χ0n) is 13.1. The molecule has 4 unspecified atom stereocenters. The number of hydrogen-bond donors (Lipinski definition) is 0. The van der Waals surface area contributed by atoms with E-state index in [2.05, 4.69) is 0 Å². The molecular formula is C20H16FeO3. The zero-order valence-corrected chi connectivity index (χ0v) is 14.2. The van der Waals surface area contributed by atoms with Gasteiger partial charge in [-0.15, -0.1) is 0 Å². The van der Waals surface area contributed by atoms with Crippen LogP contribution in [0.25, 0.3) is 11.0 Å². The fourth-order valence-electron chi connectivity index (χ4n) is 18.3. The van der Waals surface area contributed by atoms with Crippen LogP contribution in [0.1, 0.15) is 5.76 Å². The molecule has 122 valence electrons.